The zero-order chi connectivity index (χ0) is 16.0. The number of rotatable bonds is 2. The Labute approximate surface area is 132 Å². The van der Waals surface area contributed by atoms with Crippen molar-refractivity contribution in [2.24, 2.45) is 0 Å². The lowest BCUT2D eigenvalue weighted by atomic mass is 9.94. The third-order valence-electron chi connectivity index (χ3n) is 4.38. The first kappa shape index (κ1) is 13.9. The van der Waals surface area contributed by atoms with E-state index < -0.39 is 0 Å². The van der Waals surface area contributed by atoms with Gasteiger partial charge in [-0.25, -0.2) is 9.37 Å². The van der Waals surface area contributed by atoms with Gasteiger partial charge in [0.05, 0.1) is 11.6 Å². The Morgan fingerprint density at radius 2 is 2.13 bits per heavy atom. The van der Waals surface area contributed by atoms with E-state index in [1.807, 2.05) is 13.0 Å². The Morgan fingerprint density at radius 3 is 2.83 bits per heavy atom. The highest BCUT2D eigenvalue weighted by Crippen LogP contribution is 2.34. The van der Waals surface area contributed by atoms with Crippen LogP contribution in [0.25, 0.3) is 11.0 Å². The lowest BCUT2D eigenvalue weighted by Crippen LogP contribution is -2.45. The van der Waals surface area contributed by atoms with Crippen LogP contribution in [0.4, 0.5) is 4.39 Å². The van der Waals surface area contributed by atoms with E-state index in [0.717, 1.165) is 23.1 Å². The van der Waals surface area contributed by atoms with Crippen molar-refractivity contribution < 1.29 is 9.18 Å². The smallest absolute Gasteiger partial charge is 0.255 e. The van der Waals surface area contributed by atoms with Gasteiger partial charge in [0, 0.05) is 23.8 Å². The highest BCUT2D eigenvalue weighted by Gasteiger charge is 2.34. The second-order valence-electron chi connectivity index (χ2n) is 5.80. The van der Waals surface area contributed by atoms with Crippen LogP contribution in [-0.4, -0.2) is 32.5 Å². The van der Waals surface area contributed by atoms with E-state index >= 15 is 0 Å². The molecule has 0 saturated carbocycles. The Balaban J connectivity index is 1.62. The van der Waals surface area contributed by atoms with Gasteiger partial charge in [0.2, 0.25) is 0 Å². The molecule has 6 heteroatoms. The van der Waals surface area contributed by atoms with Gasteiger partial charge in [0.1, 0.15) is 5.82 Å². The van der Waals surface area contributed by atoms with Crippen molar-refractivity contribution in [1.29, 1.82) is 0 Å². The minimum atomic E-state index is -0.268. The lowest BCUT2D eigenvalue weighted by molar-refractivity contribution is 0.0460. The van der Waals surface area contributed by atoms with Crippen molar-refractivity contribution in [1.82, 2.24) is 20.1 Å². The molecular formula is C17H15FN4O. The van der Waals surface area contributed by atoms with E-state index in [9.17, 15) is 9.18 Å². The van der Waals surface area contributed by atoms with Gasteiger partial charge in [-0.2, -0.15) is 5.10 Å². The number of amides is 1. The van der Waals surface area contributed by atoms with Crippen LogP contribution in [0, 0.1) is 12.7 Å². The molecule has 1 aliphatic heterocycles. The Hall–Kier alpha value is -2.76. The van der Waals surface area contributed by atoms with Gasteiger partial charge in [-0.05, 0) is 37.1 Å². The van der Waals surface area contributed by atoms with Crippen LogP contribution >= 0.6 is 0 Å². The summed E-state index contributed by atoms with van der Waals surface area (Å²) >= 11 is 0. The summed E-state index contributed by atoms with van der Waals surface area (Å²) in [6.45, 7) is 2.60. The molecule has 1 saturated heterocycles. The largest absolute Gasteiger partial charge is 0.331 e. The molecule has 1 aliphatic rings. The van der Waals surface area contributed by atoms with Crippen LogP contribution in [0.3, 0.4) is 0 Å². The summed E-state index contributed by atoms with van der Waals surface area (Å²) in [6.07, 6.45) is 2.45. The molecule has 0 aliphatic carbocycles. The highest BCUT2D eigenvalue weighted by molar-refractivity contribution is 5.97. The molecule has 0 spiro atoms. The SMILES string of the molecule is Cc1[nH]nc2ncc(C(=O)N3CCC3c3ccc(F)cc3)cc12. The fraction of sp³-hybridized carbons (Fsp3) is 0.235. The molecule has 116 valence electrons. The first-order valence-electron chi connectivity index (χ1n) is 7.50. The van der Waals surface area contributed by atoms with Crippen LogP contribution in [0.15, 0.2) is 36.5 Å². The first-order chi connectivity index (χ1) is 11.1. The van der Waals surface area contributed by atoms with Crippen molar-refractivity contribution in [2.45, 2.75) is 19.4 Å². The van der Waals surface area contributed by atoms with E-state index in [1.54, 1.807) is 23.2 Å². The van der Waals surface area contributed by atoms with E-state index in [-0.39, 0.29) is 17.8 Å². The number of benzene rings is 1. The molecule has 2 aromatic heterocycles. The van der Waals surface area contributed by atoms with Gasteiger partial charge < -0.3 is 4.90 Å². The lowest BCUT2D eigenvalue weighted by Gasteiger charge is -2.41. The number of hydrogen-bond donors (Lipinski definition) is 1. The first-order valence-corrected chi connectivity index (χ1v) is 7.50. The summed E-state index contributed by atoms with van der Waals surface area (Å²) in [5.41, 5.74) is 3.01. The predicted octanol–water partition coefficient (Wildman–Crippen LogP) is 2.99. The molecule has 1 fully saturated rings. The zero-order valence-corrected chi connectivity index (χ0v) is 12.6. The minimum absolute atomic E-state index is 0.00393. The maximum atomic E-state index is 13.1. The Morgan fingerprint density at radius 1 is 1.35 bits per heavy atom. The maximum Gasteiger partial charge on any atom is 0.255 e. The highest BCUT2D eigenvalue weighted by atomic mass is 19.1. The molecule has 1 aromatic carbocycles. The second kappa shape index (κ2) is 5.15. The number of likely N-dealkylation sites (tertiary alicyclic amines) is 1. The van der Waals surface area contributed by atoms with Gasteiger partial charge in [-0.3, -0.25) is 9.89 Å². The summed E-state index contributed by atoms with van der Waals surface area (Å²) in [5.74, 6) is -0.323. The molecule has 5 nitrogen and oxygen atoms in total. The van der Waals surface area contributed by atoms with Crippen molar-refractivity contribution in [2.75, 3.05) is 6.54 Å². The van der Waals surface area contributed by atoms with Crippen molar-refractivity contribution >= 4 is 16.9 Å². The van der Waals surface area contributed by atoms with E-state index in [2.05, 4.69) is 15.2 Å². The Bertz CT molecular complexity index is 887. The fourth-order valence-corrected chi connectivity index (χ4v) is 2.96. The molecule has 3 aromatic rings. The summed E-state index contributed by atoms with van der Waals surface area (Å²) in [4.78, 5) is 18.8. The molecule has 0 radical (unpaired) electrons. The topological polar surface area (TPSA) is 61.9 Å². The number of halogens is 1. The fourth-order valence-electron chi connectivity index (χ4n) is 2.96. The summed E-state index contributed by atoms with van der Waals surface area (Å²) < 4.78 is 13.1. The second-order valence-corrected chi connectivity index (χ2v) is 5.80. The average molecular weight is 310 g/mol. The van der Waals surface area contributed by atoms with Gasteiger partial charge in [0.15, 0.2) is 5.65 Å². The quantitative estimate of drug-likeness (QED) is 0.791. The van der Waals surface area contributed by atoms with Crippen LogP contribution in [0.2, 0.25) is 0 Å². The molecule has 1 N–H and O–H groups in total. The monoisotopic (exact) mass is 310 g/mol. The van der Waals surface area contributed by atoms with E-state index in [1.165, 1.54) is 12.1 Å². The van der Waals surface area contributed by atoms with Crippen molar-refractivity contribution in [3.63, 3.8) is 0 Å². The molecule has 3 heterocycles. The molecule has 0 bridgehead atoms. The maximum absolute atomic E-state index is 13.1. The third kappa shape index (κ3) is 2.27. The molecule has 1 atom stereocenters. The van der Waals surface area contributed by atoms with Gasteiger partial charge in [-0.1, -0.05) is 12.1 Å². The molecule has 1 amide bonds. The van der Waals surface area contributed by atoms with Gasteiger partial charge >= 0.3 is 0 Å². The standard InChI is InChI=1S/C17H15FN4O/c1-10-14-8-12(9-19-16(14)21-20-10)17(23)22-7-6-15(22)11-2-4-13(18)5-3-11/h2-5,8-9,15H,6-7H2,1H3,(H,19,20,21). The van der Waals surface area contributed by atoms with Crippen LogP contribution in [0.1, 0.15) is 34.1 Å². The number of H-pyrrole nitrogens is 1. The summed E-state index contributed by atoms with van der Waals surface area (Å²) in [7, 11) is 0. The van der Waals surface area contributed by atoms with E-state index in [4.69, 9.17) is 0 Å². The summed E-state index contributed by atoms with van der Waals surface area (Å²) in [5, 5.41) is 7.80. The van der Waals surface area contributed by atoms with Gasteiger partial charge in [0.25, 0.3) is 5.91 Å². The number of pyridine rings is 1. The number of carbonyl (C=O) groups is 1. The summed E-state index contributed by atoms with van der Waals surface area (Å²) in [6, 6.07) is 8.16. The Kier molecular flexibility index (Phi) is 3.11. The predicted molar refractivity (Wildman–Crippen MR) is 83.4 cm³/mol. The molecule has 1 unspecified atom stereocenters. The number of carbonyl (C=O) groups excluding carboxylic acids is 1. The number of aromatic amines is 1. The van der Waals surface area contributed by atoms with Gasteiger partial charge in [-0.15, -0.1) is 0 Å². The third-order valence-corrected chi connectivity index (χ3v) is 4.38. The zero-order valence-electron chi connectivity index (χ0n) is 12.6. The molecule has 23 heavy (non-hydrogen) atoms. The molecular weight excluding hydrogens is 295 g/mol. The number of aromatic nitrogens is 3. The van der Waals surface area contributed by atoms with Crippen molar-refractivity contribution in [3.8, 4) is 0 Å². The van der Waals surface area contributed by atoms with Crippen LogP contribution in [0.5, 0.6) is 0 Å². The minimum Gasteiger partial charge on any atom is -0.331 e. The van der Waals surface area contributed by atoms with Crippen LogP contribution < -0.4 is 0 Å². The van der Waals surface area contributed by atoms with Crippen molar-refractivity contribution in [3.05, 3.63) is 59.2 Å². The number of nitrogens with one attached hydrogen (secondary N) is 1. The number of nitrogens with zero attached hydrogens (tertiary/aromatic N) is 3. The number of fused-ring (bicyclic) bond motifs is 1. The normalized spacial score (nSPS) is 17.3. The van der Waals surface area contributed by atoms with Crippen LogP contribution in [-0.2, 0) is 0 Å². The molecule has 4 rings (SSSR count). The number of aryl methyl sites for hydroxylation is 1. The number of hydrogen-bond acceptors (Lipinski definition) is 3. The average Bonchev–Trinajstić information content (AvgIpc) is 2.89. The van der Waals surface area contributed by atoms with E-state index in [0.29, 0.717) is 17.8 Å².